The molecule has 0 saturated carbocycles. The molecule has 1 fully saturated rings. The van der Waals surface area contributed by atoms with Gasteiger partial charge < -0.3 is 15.4 Å². The molecule has 2 unspecified atom stereocenters. The number of halogens is 2. The van der Waals surface area contributed by atoms with Crippen molar-refractivity contribution in [2.45, 2.75) is 25.0 Å². The maximum Gasteiger partial charge on any atom is 0.137 e. The molecular weight excluding hydrogens is 491 g/mol. The van der Waals surface area contributed by atoms with E-state index in [9.17, 15) is 5.11 Å². The van der Waals surface area contributed by atoms with Crippen molar-refractivity contribution < 1.29 is 5.11 Å². The van der Waals surface area contributed by atoms with E-state index in [4.69, 9.17) is 28.2 Å². The number of hydrogen-bond acceptors (Lipinski definition) is 4. The molecule has 3 N–H and O–H groups in total. The van der Waals surface area contributed by atoms with Crippen molar-refractivity contribution in [1.82, 2.24) is 20.2 Å². The first-order valence-corrected chi connectivity index (χ1v) is 13.0. The van der Waals surface area contributed by atoms with Crippen molar-refractivity contribution >= 4 is 23.2 Å². The lowest BCUT2D eigenvalue weighted by Gasteiger charge is -2.42. The van der Waals surface area contributed by atoms with Crippen molar-refractivity contribution in [3.05, 3.63) is 111 Å². The molecule has 1 aliphatic rings. The number of aliphatic hydroxyl groups is 1. The second-order valence-corrected chi connectivity index (χ2v) is 10.1. The number of nitrogens with one attached hydrogen (secondary N) is 2. The molecule has 0 radical (unpaired) electrons. The number of aryl methyl sites for hydroxylation is 1. The zero-order valence-electron chi connectivity index (χ0n) is 20.2. The maximum atomic E-state index is 12.1. The fourth-order valence-corrected chi connectivity index (χ4v) is 5.41. The highest BCUT2D eigenvalue weighted by Crippen LogP contribution is 2.39. The predicted molar refractivity (Wildman–Crippen MR) is 147 cm³/mol. The standard InChI is InChI=1S/C29H30Cl2N4O/c1-19-26(34-29(33-19)22-5-3-2-4-6-22)28(36)27(35-17-15-32-16-18-35)25(20-7-11-23(30)12-8-20)21-9-13-24(31)14-10-21/h2-14,25,27-28,32,36H,15-18H2,1H3,(H,33,34). The molecule has 0 bridgehead atoms. The molecule has 186 valence electrons. The zero-order chi connectivity index (χ0) is 25.1. The van der Waals surface area contributed by atoms with Gasteiger partial charge >= 0.3 is 0 Å². The van der Waals surface area contributed by atoms with Gasteiger partial charge in [0.05, 0.1) is 11.7 Å². The molecule has 7 heteroatoms. The Morgan fingerprint density at radius 3 is 1.94 bits per heavy atom. The van der Waals surface area contributed by atoms with Crippen molar-refractivity contribution in [3.63, 3.8) is 0 Å². The van der Waals surface area contributed by atoms with E-state index in [1.54, 1.807) is 0 Å². The second-order valence-electron chi connectivity index (χ2n) is 9.26. The zero-order valence-corrected chi connectivity index (χ0v) is 21.7. The summed E-state index contributed by atoms with van der Waals surface area (Å²) in [6, 6.07) is 25.6. The van der Waals surface area contributed by atoms with Gasteiger partial charge in [-0.25, -0.2) is 4.98 Å². The van der Waals surface area contributed by atoms with Gasteiger partial charge in [-0.1, -0.05) is 77.8 Å². The van der Waals surface area contributed by atoms with E-state index in [0.29, 0.717) is 15.7 Å². The highest BCUT2D eigenvalue weighted by Gasteiger charge is 2.38. The Kier molecular flexibility index (Phi) is 7.75. The number of rotatable bonds is 7. The predicted octanol–water partition coefficient (Wildman–Crippen LogP) is 5.83. The SMILES string of the molecule is Cc1[nH]c(-c2ccccc2)nc1C(O)C(C(c1ccc(Cl)cc1)c1ccc(Cl)cc1)N1CCNCC1. The molecule has 0 amide bonds. The summed E-state index contributed by atoms with van der Waals surface area (Å²) >= 11 is 12.5. The Morgan fingerprint density at radius 1 is 0.833 bits per heavy atom. The number of aromatic amines is 1. The van der Waals surface area contributed by atoms with Crippen LogP contribution in [0.3, 0.4) is 0 Å². The molecule has 5 nitrogen and oxygen atoms in total. The van der Waals surface area contributed by atoms with E-state index in [1.165, 1.54) is 0 Å². The minimum atomic E-state index is -0.826. The molecule has 0 aliphatic carbocycles. The molecule has 1 aliphatic heterocycles. The first kappa shape index (κ1) is 25.0. The number of benzene rings is 3. The summed E-state index contributed by atoms with van der Waals surface area (Å²) in [5, 5.41) is 16.9. The van der Waals surface area contributed by atoms with E-state index in [1.807, 2.05) is 61.5 Å². The van der Waals surface area contributed by atoms with Gasteiger partial charge in [0.2, 0.25) is 0 Å². The van der Waals surface area contributed by atoms with Crippen molar-refractivity contribution in [3.8, 4) is 11.4 Å². The van der Waals surface area contributed by atoms with Crippen LogP contribution in [0, 0.1) is 6.92 Å². The first-order chi connectivity index (χ1) is 17.5. The molecule has 1 saturated heterocycles. The maximum absolute atomic E-state index is 12.1. The number of piperazine rings is 1. The lowest BCUT2D eigenvalue weighted by molar-refractivity contribution is 0.0295. The molecule has 0 spiro atoms. The summed E-state index contributed by atoms with van der Waals surface area (Å²) in [6.07, 6.45) is -0.826. The van der Waals surface area contributed by atoms with E-state index in [-0.39, 0.29) is 12.0 Å². The minimum Gasteiger partial charge on any atom is -0.385 e. The van der Waals surface area contributed by atoms with Crippen LogP contribution in [0.4, 0.5) is 0 Å². The van der Waals surface area contributed by atoms with E-state index < -0.39 is 6.10 Å². The number of hydrogen-bond donors (Lipinski definition) is 3. The van der Waals surface area contributed by atoms with Crippen LogP contribution in [0.25, 0.3) is 11.4 Å². The Labute approximate surface area is 222 Å². The van der Waals surface area contributed by atoms with Crippen LogP contribution >= 0.6 is 23.2 Å². The highest BCUT2D eigenvalue weighted by atomic mass is 35.5. The number of aromatic nitrogens is 2. The molecule has 2 heterocycles. The molecule has 36 heavy (non-hydrogen) atoms. The summed E-state index contributed by atoms with van der Waals surface area (Å²) in [5.41, 5.74) is 4.70. The molecule has 5 rings (SSSR count). The fourth-order valence-electron chi connectivity index (χ4n) is 5.16. The van der Waals surface area contributed by atoms with E-state index >= 15 is 0 Å². The topological polar surface area (TPSA) is 64.2 Å². The second kappa shape index (κ2) is 11.2. The molecule has 3 aromatic carbocycles. The third kappa shape index (κ3) is 5.36. The highest BCUT2D eigenvalue weighted by molar-refractivity contribution is 6.30. The van der Waals surface area contributed by atoms with Gasteiger partial charge in [-0.3, -0.25) is 4.90 Å². The van der Waals surface area contributed by atoms with Crippen molar-refractivity contribution in [2.24, 2.45) is 0 Å². The average molecular weight is 521 g/mol. The summed E-state index contributed by atoms with van der Waals surface area (Å²) in [5.74, 6) is 0.639. The average Bonchev–Trinajstić information content (AvgIpc) is 3.31. The third-order valence-electron chi connectivity index (χ3n) is 6.95. The van der Waals surface area contributed by atoms with Gasteiger partial charge in [-0.2, -0.15) is 0 Å². The largest absolute Gasteiger partial charge is 0.385 e. The molecule has 1 aromatic heterocycles. The van der Waals surface area contributed by atoms with Gasteiger partial charge in [-0.05, 0) is 42.3 Å². The number of aliphatic hydroxyl groups excluding tert-OH is 1. The third-order valence-corrected chi connectivity index (χ3v) is 7.45. The van der Waals surface area contributed by atoms with Gasteiger partial charge in [0.15, 0.2) is 0 Å². The van der Waals surface area contributed by atoms with Gasteiger partial charge in [-0.15, -0.1) is 0 Å². The van der Waals surface area contributed by atoms with Crippen LogP contribution < -0.4 is 5.32 Å². The smallest absolute Gasteiger partial charge is 0.137 e. The van der Waals surface area contributed by atoms with Crippen LogP contribution in [0.2, 0.25) is 10.0 Å². The monoisotopic (exact) mass is 520 g/mol. The van der Waals surface area contributed by atoms with Crippen LogP contribution in [-0.4, -0.2) is 52.2 Å². The van der Waals surface area contributed by atoms with Crippen LogP contribution in [0.5, 0.6) is 0 Å². The van der Waals surface area contributed by atoms with Gasteiger partial charge in [0.1, 0.15) is 11.9 Å². The molecule has 4 aromatic rings. The van der Waals surface area contributed by atoms with E-state index in [2.05, 4.69) is 39.5 Å². The number of imidazole rings is 1. The fraction of sp³-hybridized carbons (Fsp3) is 0.276. The van der Waals surface area contributed by atoms with Crippen molar-refractivity contribution in [1.29, 1.82) is 0 Å². The van der Waals surface area contributed by atoms with Crippen LogP contribution in [-0.2, 0) is 0 Å². The van der Waals surface area contributed by atoms with Gasteiger partial charge in [0.25, 0.3) is 0 Å². The lowest BCUT2D eigenvalue weighted by atomic mass is 9.80. The van der Waals surface area contributed by atoms with Crippen molar-refractivity contribution in [2.75, 3.05) is 26.2 Å². The normalized spacial score (nSPS) is 16.2. The molecule has 2 atom stereocenters. The van der Waals surface area contributed by atoms with E-state index in [0.717, 1.165) is 54.4 Å². The Balaban J connectivity index is 1.61. The Bertz CT molecular complexity index is 1220. The summed E-state index contributed by atoms with van der Waals surface area (Å²) in [6.45, 7) is 5.37. The summed E-state index contributed by atoms with van der Waals surface area (Å²) in [4.78, 5) is 10.7. The minimum absolute atomic E-state index is 0.121. The Morgan fingerprint density at radius 2 is 1.39 bits per heavy atom. The van der Waals surface area contributed by atoms with Crippen LogP contribution in [0.1, 0.15) is 34.5 Å². The quantitative estimate of drug-likeness (QED) is 0.286. The summed E-state index contributed by atoms with van der Waals surface area (Å²) < 4.78 is 0. The Hall–Kier alpha value is -2.67. The first-order valence-electron chi connectivity index (χ1n) is 12.3. The molecular formula is C29H30Cl2N4O. The lowest BCUT2D eigenvalue weighted by Crippen LogP contribution is -2.52. The van der Waals surface area contributed by atoms with Crippen LogP contribution in [0.15, 0.2) is 78.9 Å². The van der Waals surface area contributed by atoms with Gasteiger partial charge in [0, 0.05) is 53.4 Å². The number of nitrogens with zero attached hydrogens (tertiary/aromatic N) is 2. The summed E-state index contributed by atoms with van der Waals surface area (Å²) in [7, 11) is 0. The number of H-pyrrole nitrogens is 1.